The quantitative estimate of drug-likeness (QED) is 0.876. The third-order valence-electron chi connectivity index (χ3n) is 2.11. The Hall–Kier alpha value is -0.870. The van der Waals surface area contributed by atoms with Crippen LogP contribution in [0.15, 0.2) is 16.6 Å². The first-order chi connectivity index (χ1) is 7.11. The van der Waals surface area contributed by atoms with Crippen molar-refractivity contribution in [2.24, 2.45) is 0 Å². The Bertz CT molecular complexity index is 528. The number of hydrogen-bond donors (Lipinski definition) is 1. The van der Waals surface area contributed by atoms with Crippen LogP contribution < -0.4 is 5.73 Å². The van der Waals surface area contributed by atoms with Crippen LogP contribution in [0, 0.1) is 0 Å². The molecule has 78 valence electrons. The molecule has 0 amide bonds. The molecule has 2 rings (SSSR count). The van der Waals surface area contributed by atoms with E-state index in [2.05, 4.69) is 25.9 Å². The van der Waals surface area contributed by atoms with Crippen LogP contribution in [0.25, 0.3) is 10.9 Å². The van der Waals surface area contributed by atoms with E-state index in [0.29, 0.717) is 10.8 Å². The van der Waals surface area contributed by atoms with E-state index in [1.54, 1.807) is 12.1 Å². The molecule has 0 saturated carbocycles. The van der Waals surface area contributed by atoms with Gasteiger partial charge < -0.3 is 5.73 Å². The van der Waals surface area contributed by atoms with Crippen LogP contribution in [-0.2, 0) is 6.42 Å². The van der Waals surface area contributed by atoms with Crippen LogP contribution in [0.5, 0.6) is 0 Å². The van der Waals surface area contributed by atoms with E-state index in [1.165, 1.54) is 0 Å². The molecule has 0 saturated heterocycles. The topological polar surface area (TPSA) is 51.8 Å². The first-order valence-corrected chi connectivity index (χ1v) is 5.70. The summed E-state index contributed by atoms with van der Waals surface area (Å²) in [5.41, 5.74) is 6.65. The number of nitrogen functional groups attached to an aromatic ring is 1. The molecule has 0 radical (unpaired) electrons. The van der Waals surface area contributed by atoms with Gasteiger partial charge in [-0.3, -0.25) is 0 Å². The molecule has 0 fully saturated rings. The van der Waals surface area contributed by atoms with Gasteiger partial charge >= 0.3 is 0 Å². The second-order valence-electron chi connectivity index (χ2n) is 3.16. The summed E-state index contributed by atoms with van der Waals surface area (Å²) in [5.74, 6) is 1.21. The Morgan fingerprint density at radius 1 is 1.40 bits per heavy atom. The molecule has 15 heavy (non-hydrogen) atoms. The second kappa shape index (κ2) is 3.94. The molecule has 0 spiro atoms. The van der Waals surface area contributed by atoms with Crippen molar-refractivity contribution in [3.8, 4) is 0 Å². The van der Waals surface area contributed by atoms with Gasteiger partial charge in [0.05, 0.1) is 5.52 Å². The largest absolute Gasteiger partial charge is 0.383 e. The molecular weight excluding hydrogens is 277 g/mol. The van der Waals surface area contributed by atoms with Crippen LogP contribution in [-0.4, -0.2) is 9.97 Å². The van der Waals surface area contributed by atoms with Gasteiger partial charge in [0, 0.05) is 21.3 Å². The zero-order chi connectivity index (χ0) is 11.0. The standard InChI is InChI=1S/C10H9BrClN3/c1-2-8-14-9-6(10(13)15-8)3-5(12)4-7(9)11/h3-4H,2H2,1H3,(H2,13,14,15). The number of benzene rings is 1. The molecule has 0 atom stereocenters. The third-order valence-corrected chi connectivity index (χ3v) is 2.93. The van der Waals surface area contributed by atoms with Crippen LogP contribution in [0.4, 0.5) is 5.82 Å². The lowest BCUT2D eigenvalue weighted by Gasteiger charge is -2.06. The first kappa shape index (κ1) is 10.6. The van der Waals surface area contributed by atoms with Gasteiger partial charge in [0.25, 0.3) is 0 Å². The maximum atomic E-state index is 5.93. The van der Waals surface area contributed by atoms with Gasteiger partial charge in [-0.1, -0.05) is 18.5 Å². The van der Waals surface area contributed by atoms with Gasteiger partial charge in [0.15, 0.2) is 0 Å². The molecular formula is C10H9BrClN3. The fourth-order valence-electron chi connectivity index (χ4n) is 1.39. The van der Waals surface area contributed by atoms with Crippen molar-refractivity contribution in [1.82, 2.24) is 9.97 Å². The Labute approximate surface area is 101 Å². The van der Waals surface area contributed by atoms with Crippen LogP contribution >= 0.6 is 27.5 Å². The summed E-state index contributed by atoms with van der Waals surface area (Å²) in [6.45, 7) is 1.99. The summed E-state index contributed by atoms with van der Waals surface area (Å²) in [6, 6.07) is 3.58. The highest BCUT2D eigenvalue weighted by Gasteiger charge is 2.08. The molecule has 0 bridgehead atoms. The lowest BCUT2D eigenvalue weighted by Crippen LogP contribution is -2.00. The molecule has 0 aliphatic heterocycles. The number of rotatable bonds is 1. The van der Waals surface area contributed by atoms with Crippen molar-refractivity contribution in [3.63, 3.8) is 0 Å². The van der Waals surface area contributed by atoms with Gasteiger partial charge in [-0.25, -0.2) is 9.97 Å². The molecule has 2 aromatic rings. The second-order valence-corrected chi connectivity index (χ2v) is 4.45. The van der Waals surface area contributed by atoms with Gasteiger partial charge in [-0.05, 0) is 28.1 Å². The highest BCUT2D eigenvalue weighted by molar-refractivity contribution is 9.10. The van der Waals surface area contributed by atoms with E-state index in [-0.39, 0.29) is 0 Å². The zero-order valence-electron chi connectivity index (χ0n) is 8.09. The van der Waals surface area contributed by atoms with Crippen molar-refractivity contribution >= 4 is 44.3 Å². The summed E-state index contributed by atoms with van der Waals surface area (Å²) < 4.78 is 0.841. The Kier molecular flexibility index (Phi) is 2.80. The maximum absolute atomic E-state index is 5.93. The summed E-state index contributed by atoms with van der Waals surface area (Å²) >= 11 is 9.34. The lowest BCUT2D eigenvalue weighted by molar-refractivity contribution is 0.965. The van der Waals surface area contributed by atoms with Gasteiger partial charge in [0.2, 0.25) is 0 Å². The SMILES string of the molecule is CCc1nc(N)c2cc(Cl)cc(Br)c2n1. The molecule has 1 aromatic carbocycles. The minimum absolute atomic E-state index is 0.472. The summed E-state index contributed by atoms with van der Waals surface area (Å²) in [5, 5.41) is 1.40. The van der Waals surface area contributed by atoms with Crippen molar-refractivity contribution in [2.75, 3.05) is 5.73 Å². The highest BCUT2D eigenvalue weighted by Crippen LogP contribution is 2.29. The first-order valence-electron chi connectivity index (χ1n) is 4.53. The average Bonchev–Trinajstić information content (AvgIpc) is 2.19. The molecule has 1 heterocycles. The Balaban J connectivity index is 2.85. The minimum atomic E-state index is 0.472. The fraction of sp³-hybridized carbons (Fsp3) is 0.200. The summed E-state index contributed by atoms with van der Waals surface area (Å²) in [4.78, 5) is 8.59. The summed E-state index contributed by atoms with van der Waals surface area (Å²) in [6.07, 6.45) is 0.759. The third kappa shape index (κ3) is 1.92. The van der Waals surface area contributed by atoms with E-state index in [9.17, 15) is 0 Å². The van der Waals surface area contributed by atoms with Crippen LogP contribution in [0.2, 0.25) is 5.02 Å². The number of aryl methyl sites for hydroxylation is 1. The van der Waals surface area contributed by atoms with Crippen molar-refractivity contribution in [2.45, 2.75) is 13.3 Å². The number of nitrogens with zero attached hydrogens (tertiary/aromatic N) is 2. The molecule has 2 N–H and O–H groups in total. The molecule has 0 aliphatic carbocycles. The lowest BCUT2D eigenvalue weighted by atomic mass is 10.2. The number of hydrogen-bond acceptors (Lipinski definition) is 3. The molecule has 0 aliphatic rings. The van der Waals surface area contributed by atoms with E-state index in [4.69, 9.17) is 17.3 Å². The zero-order valence-corrected chi connectivity index (χ0v) is 10.4. The molecule has 1 aromatic heterocycles. The van der Waals surface area contributed by atoms with E-state index >= 15 is 0 Å². The molecule has 0 unspecified atom stereocenters. The van der Waals surface area contributed by atoms with Crippen molar-refractivity contribution in [1.29, 1.82) is 0 Å². The number of halogens is 2. The molecule has 3 nitrogen and oxygen atoms in total. The average molecular weight is 287 g/mol. The smallest absolute Gasteiger partial charge is 0.135 e. The maximum Gasteiger partial charge on any atom is 0.135 e. The van der Waals surface area contributed by atoms with Crippen molar-refractivity contribution in [3.05, 3.63) is 27.5 Å². The van der Waals surface area contributed by atoms with E-state index in [0.717, 1.165) is 27.6 Å². The number of anilines is 1. The van der Waals surface area contributed by atoms with Gasteiger partial charge in [-0.2, -0.15) is 0 Å². The number of fused-ring (bicyclic) bond motifs is 1. The monoisotopic (exact) mass is 285 g/mol. The predicted octanol–water partition coefficient (Wildman–Crippen LogP) is 3.19. The Morgan fingerprint density at radius 3 is 2.80 bits per heavy atom. The van der Waals surface area contributed by atoms with E-state index in [1.807, 2.05) is 6.92 Å². The number of aromatic nitrogens is 2. The molecule has 5 heteroatoms. The summed E-state index contributed by atoms with van der Waals surface area (Å²) in [7, 11) is 0. The van der Waals surface area contributed by atoms with Gasteiger partial charge in [-0.15, -0.1) is 0 Å². The predicted molar refractivity (Wildman–Crippen MR) is 66.0 cm³/mol. The highest BCUT2D eigenvalue weighted by atomic mass is 79.9. The number of nitrogens with two attached hydrogens (primary N) is 1. The Morgan fingerprint density at radius 2 is 2.13 bits per heavy atom. The van der Waals surface area contributed by atoms with Crippen molar-refractivity contribution < 1.29 is 0 Å². The minimum Gasteiger partial charge on any atom is -0.383 e. The van der Waals surface area contributed by atoms with Crippen LogP contribution in [0.3, 0.4) is 0 Å². The van der Waals surface area contributed by atoms with Gasteiger partial charge in [0.1, 0.15) is 11.6 Å². The fourth-order valence-corrected chi connectivity index (χ4v) is 2.29. The van der Waals surface area contributed by atoms with Crippen LogP contribution in [0.1, 0.15) is 12.7 Å². The van der Waals surface area contributed by atoms with E-state index < -0.39 is 0 Å². The normalized spacial score (nSPS) is 10.9.